The highest BCUT2D eigenvalue weighted by molar-refractivity contribution is 5.96. The molecule has 186 valence electrons. The molecule has 2 amide bonds. The Kier molecular flexibility index (Phi) is 9.16. The fraction of sp³-hybridized carbons (Fsp3) is 0.185. The van der Waals surface area contributed by atoms with Crippen LogP contribution in [-0.2, 0) is 4.79 Å². The van der Waals surface area contributed by atoms with E-state index in [1.54, 1.807) is 60.7 Å². The van der Waals surface area contributed by atoms with Crippen molar-refractivity contribution in [2.24, 2.45) is 5.10 Å². The summed E-state index contributed by atoms with van der Waals surface area (Å²) in [6.45, 7) is 4.06. The van der Waals surface area contributed by atoms with Gasteiger partial charge in [-0.05, 0) is 74.0 Å². The number of hydrogen-bond acceptors (Lipinski definition) is 7. The maximum absolute atomic E-state index is 12.5. The molecule has 0 bridgehead atoms. The molecular weight excluding hydrogens is 462 g/mol. The first-order chi connectivity index (χ1) is 17.4. The number of nitrogens with zero attached hydrogens (tertiary/aromatic N) is 1. The topological polar surface area (TPSA) is 115 Å². The van der Waals surface area contributed by atoms with Crippen molar-refractivity contribution in [3.8, 4) is 17.2 Å². The predicted octanol–water partition coefficient (Wildman–Crippen LogP) is 3.50. The van der Waals surface area contributed by atoms with Crippen molar-refractivity contribution in [3.63, 3.8) is 0 Å². The van der Waals surface area contributed by atoms with E-state index in [1.165, 1.54) is 13.3 Å². The summed E-state index contributed by atoms with van der Waals surface area (Å²) in [6, 6.07) is 18.5. The van der Waals surface area contributed by atoms with Crippen LogP contribution in [0.3, 0.4) is 0 Å². The lowest BCUT2D eigenvalue weighted by Gasteiger charge is -2.10. The number of carbonyl (C=O) groups excluding carboxylic acids is 3. The van der Waals surface area contributed by atoms with Gasteiger partial charge in [-0.15, -0.1) is 0 Å². The highest BCUT2D eigenvalue weighted by Crippen LogP contribution is 2.28. The zero-order chi connectivity index (χ0) is 25.9. The van der Waals surface area contributed by atoms with Crippen LogP contribution in [0.1, 0.15) is 38.8 Å². The minimum absolute atomic E-state index is 0.228. The number of rotatable bonds is 10. The van der Waals surface area contributed by atoms with Gasteiger partial charge < -0.3 is 19.5 Å². The van der Waals surface area contributed by atoms with E-state index < -0.39 is 11.9 Å². The van der Waals surface area contributed by atoms with Gasteiger partial charge in [0, 0.05) is 5.56 Å². The van der Waals surface area contributed by atoms with Crippen LogP contribution in [0.5, 0.6) is 17.2 Å². The number of amides is 2. The van der Waals surface area contributed by atoms with Crippen molar-refractivity contribution >= 4 is 24.0 Å². The third-order valence-electron chi connectivity index (χ3n) is 4.88. The van der Waals surface area contributed by atoms with Gasteiger partial charge >= 0.3 is 5.97 Å². The smallest absolute Gasteiger partial charge is 0.343 e. The first kappa shape index (κ1) is 26.0. The molecule has 3 aromatic carbocycles. The van der Waals surface area contributed by atoms with E-state index in [4.69, 9.17) is 14.2 Å². The molecule has 0 saturated carbocycles. The number of carbonyl (C=O) groups is 3. The zero-order valence-corrected chi connectivity index (χ0v) is 20.2. The van der Waals surface area contributed by atoms with Crippen molar-refractivity contribution in [3.05, 3.63) is 89.0 Å². The second kappa shape index (κ2) is 12.7. The molecule has 9 heteroatoms. The van der Waals surface area contributed by atoms with Crippen molar-refractivity contribution in [2.45, 2.75) is 13.8 Å². The van der Waals surface area contributed by atoms with Crippen LogP contribution in [0.15, 0.2) is 71.8 Å². The second-order valence-corrected chi connectivity index (χ2v) is 7.60. The molecule has 2 N–H and O–H groups in total. The number of methoxy groups -OCH3 is 1. The molecule has 0 aliphatic rings. The normalized spacial score (nSPS) is 10.5. The summed E-state index contributed by atoms with van der Waals surface area (Å²) in [5.41, 5.74) is 4.73. The molecule has 0 spiro atoms. The summed E-state index contributed by atoms with van der Waals surface area (Å²) in [5, 5.41) is 6.43. The summed E-state index contributed by atoms with van der Waals surface area (Å²) in [4.78, 5) is 36.6. The minimum atomic E-state index is -0.544. The van der Waals surface area contributed by atoms with E-state index in [1.807, 2.05) is 19.9 Å². The van der Waals surface area contributed by atoms with E-state index in [0.717, 1.165) is 5.56 Å². The molecular formula is C27H27N3O6. The van der Waals surface area contributed by atoms with Gasteiger partial charge in [0.1, 0.15) is 5.75 Å². The number of nitrogens with one attached hydrogen (secondary N) is 2. The Labute approximate surface area is 209 Å². The molecule has 3 rings (SSSR count). The third kappa shape index (κ3) is 7.42. The number of hydrogen-bond donors (Lipinski definition) is 2. The maximum atomic E-state index is 12.5. The number of esters is 1. The lowest BCUT2D eigenvalue weighted by atomic mass is 10.1. The predicted molar refractivity (Wildman–Crippen MR) is 135 cm³/mol. The average molecular weight is 490 g/mol. The van der Waals surface area contributed by atoms with Gasteiger partial charge in [-0.25, -0.2) is 10.2 Å². The lowest BCUT2D eigenvalue weighted by molar-refractivity contribution is -0.120. The summed E-state index contributed by atoms with van der Waals surface area (Å²) in [6.07, 6.45) is 1.40. The number of benzene rings is 3. The van der Waals surface area contributed by atoms with Crippen molar-refractivity contribution in [1.82, 2.24) is 10.7 Å². The molecule has 36 heavy (non-hydrogen) atoms. The Morgan fingerprint density at radius 3 is 2.42 bits per heavy atom. The van der Waals surface area contributed by atoms with E-state index >= 15 is 0 Å². The van der Waals surface area contributed by atoms with E-state index in [0.29, 0.717) is 34.8 Å². The van der Waals surface area contributed by atoms with Gasteiger partial charge in [0.15, 0.2) is 11.5 Å². The van der Waals surface area contributed by atoms with Crippen molar-refractivity contribution in [1.29, 1.82) is 0 Å². The highest BCUT2D eigenvalue weighted by Gasteiger charge is 2.13. The van der Waals surface area contributed by atoms with Crippen LogP contribution in [-0.4, -0.2) is 44.3 Å². The van der Waals surface area contributed by atoms with Crippen molar-refractivity contribution < 1.29 is 28.6 Å². The first-order valence-corrected chi connectivity index (χ1v) is 11.2. The Morgan fingerprint density at radius 1 is 0.944 bits per heavy atom. The van der Waals surface area contributed by atoms with Crippen molar-refractivity contribution in [2.75, 3.05) is 20.3 Å². The molecule has 0 aliphatic heterocycles. The largest absolute Gasteiger partial charge is 0.494 e. The molecule has 0 atom stereocenters. The molecule has 0 aliphatic carbocycles. The Balaban J connectivity index is 1.53. The monoisotopic (exact) mass is 489 g/mol. The van der Waals surface area contributed by atoms with Gasteiger partial charge in [-0.2, -0.15) is 5.10 Å². The van der Waals surface area contributed by atoms with Crippen LogP contribution < -0.4 is 25.0 Å². The molecule has 0 heterocycles. The van der Waals surface area contributed by atoms with Crippen LogP contribution in [0.2, 0.25) is 0 Å². The first-order valence-electron chi connectivity index (χ1n) is 11.2. The minimum Gasteiger partial charge on any atom is -0.494 e. The molecule has 0 fully saturated rings. The van der Waals surface area contributed by atoms with E-state index in [2.05, 4.69) is 15.8 Å². The SMILES string of the molecule is CCOc1ccc(C(=O)Oc2ccc(/C=N\NC(=O)CNC(=O)c3cccc(C)c3)cc2OC)cc1. The van der Waals surface area contributed by atoms with Gasteiger partial charge in [-0.3, -0.25) is 9.59 Å². The fourth-order valence-electron chi connectivity index (χ4n) is 3.13. The summed E-state index contributed by atoms with van der Waals surface area (Å²) in [5.74, 6) is -0.168. The second-order valence-electron chi connectivity index (χ2n) is 7.60. The van der Waals surface area contributed by atoms with Gasteiger partial charge in [0.05, 0.1) is 32.0 Å². The molecule has 0 saturated heterocycles. The Hall–Kier alpha value is -4.66. The highest BCUT2D eigenvalue weighted by atomic mass is 16.6. The van der Waals surface area contributed by atoms with Gasteiger partial charge in [-0.1, -0.05) is 17.7 Å². The van der Waals surface area contributed by atoms with Gasteiger partial charge in [0.25, 0.3) is 11.8 Å². The summed E-state index contributed by atoms with van der Waals surface area (Å²) in [7, 11) is 1.45. The average Bonchev–Trinajstić information content (AvgIpc) is 2.88. The molecule has 0 radical (unpaired) electrons. The van der Waals surface area contributed by atoms with Gasteiger partial charge in [0.2, 0.25) is 0 Å². The Bertz CT molecular complexity index is 1250. The summed E-state index contributed by atoms with van der Waals surface area (Å²) >= 11 is 0. The summed E-state index contributed by atoms with van der Waals surface area (Å²) < 4.78 is 16.2. The maximum Gasteiger partial charge on any atom is 0.343 e. The third-order valence-corrected chi connectivity index (χ3v) is 4.88. The number of hydrazone groups is 1. The van der Waals surface area contributed by atoms with Crippen LogP contribution in [0.25, 0.3) is 0 Å². The molecule has 0 unspecified atom stereocenters. The molecule has 9 nitrogen and oxygen atoms in total. The Morgan fingerprint density at radius 2 is 1.72 bits per heavy atom. The lowest BCUT2D eigenvalue weighted by Crippen LogP contribution is -2.34. The standard InChI is InChI=1S/C27H27N3O6/c1-4-35-22-11-9-20(10-12-22)27(33)36-23-13-8-19(15-24(23)34-3)16-29-30-25(31)17-28-26(32)21-7-5-6-18(2)14-21/h5-16H,4,17H2,1-3H3,(H,28,32)(H,30,31)/b29-16-. The quantitative estimate of drug-likeness (QED) is 0.195. The number of ether oxygens (including phenoxy) is 3. The molecule has 3 aromatic rings. The zero-order valence-electron chi connectivity index (χ0n) is 20.2. The van der Waals surface area contributed by atoms with E-state index in [9.17, 15) is 14.4 Å². The van der Waals surface area contributed by atoms with Crippen LogP contribution in [0.4, 0.5) is 0 Å². The number of aryl methyl sites for hydroxylation is 1. The molecule has 0 aromatic heterocycles. The van der Waals surface area contributed by atoms with Crippen LogP contribution in [0, 0.1) is 6.92 Å². The van der Waals surface area contributed by atoms with Crippen LogP contribution >= 0.6 is 0 Å². The van der Waals surface area contributed by atoms with E-state index in [-0.39, 0.29) is 18.2 Å². The fourth-order valence-corrected chi connectivity index (χ4v) is 3.13.